The van der Waals surface area contributed by atoms with Crippen molar-refractivity contribution in [1.29, 1.82) is 0 Å². The van der Waals surface area contributed by atoms with Crippen LogP contribution in [0.25, 0.3) is 0 Å². The van der Waals surface area contributed by atoms with Gasteiger partial charge >= 0.3 is 0 Å². The minimum absolute atomic E-state index is 0.0234. The number of amides is 1. The van der Waals surface area contributed by atoms with Crippen molar-refractivity contribution in [3.05, 3.63) is 65.2 Å². The van der Waals surface area contributed by atoms with E-state index in [0.717, 1.165) is 22.4 Å². The van der Waals surface area contributed by atoms with Crippen LogP contribution in [0, 0.1) is 13.8 Å². The van der Waals surface area contributed by atoms with Crippen LogP contribution in [0.2, 0.25) is 0 Å². The lowest BCUT2D eigenvalue weighted by Crippen LogP contribution is -2.37. The van der Waals surface area contributed by atoms with Crippen LogP contribution < -0.4 is 4.74 Å². The second-order valence-electron chi connectivity index (χ2n) is 5.71. The minimum Gasteiger partial charge on any atom is -0.481 e. The predicted molar refractivity (Wildman–Crippen MR) is 88.9 cm³/mol. The van der Waals surface area contributed by atoms with Gasteiger partial charge in [-0.3, -0.25) is 4.79 Å². The number of rotatable bonds is 5. The van der Waals surface area contributed by atoms with Crippen molar-refractivity contribution < 1.29 is 9.53 Å². The molecule has 0 fully saturated rings. The summed E-state index contributed by atoms with van der Waals surface area (Å²) in [6.45, 7) is 6.38. The van der Waals surface area contributed by atoms with Gasteiger partial charge in [-0.25, -0.2) is 0 Å². The first-order valence-electron chi connectivity index (χ1n) is 7.50. The summed E-state index contributed by atoms with van der Waals surface area (Å²) in [4.78, 5) is 14.1. The van der Waals surface area contributed by atoms with Gasteiger partial charge in [0.15, 0.2) is 6.10 Å². The van der Waals surface area contributed by atoms with E-state index in [2.05, 4.69) is 0 Å². The van der Waals surface area contributed by atoms with E-state index >= 15 is 0 Å². The van der Waals surface area contributed by atoms with Crippen LogP contribution in [0.1, 0.15) is 23.6 Å². The van der Waals surface area contributed by atoms with Crippen LogP contribution in [0.3, 0.4) is 0 Å². The molecule has 0 N–H and O–H groups in total. The minimum atomic E-state index is -0.505. The van der Waals surface area contributed by atoms with Gasteiger partial charge in [0.1, 0.15) is 5.75 Å². The van der Waals surface area contributed by atoms with Crippen molar-refractivity contribution in [3.8, 4) is 5.75 Å². The number of carbonyl (C=O) groups excluding carboxylic acids is 1. The standard InChI is InChI=1S/C19H23NO2/c1-14-10-11-15(2)18(12-14)22-16(3)19(21)20(4)13-17-8-6-5-7-9-17/h5-12,16H,13H2,1-4H3/t16-/m0/s1. The van der Waals surface area contributed by atoms with Gasteiger partial charge in [-0.2, -0.15) is 0 Å². The molecule has 0 saturated carbocycles. The first-order valence-corrected chi connectivity index (χ1v) is 7.50. The number of ether oxygens (including phenoxy) is 1. The highest BCUT2D eigenvalue weighted by molar-refractivity contribution is 5.80. The third-order valence-corrected chi connectivity index (χ3v) is 3.63. The molecule has 3 heteroatoms. The molecule has 1 atom stereocenters. The molecule has 0 spiro atoms. The molecule has 0 bridgehead atoms. The third-order valence-electron chi connectivity index (χ3n) is 3.63. The van der Waals surface area contributed by atoms with Gasteiger partial charge in [0.25, 0.3) is 5.91 Å². The summed E-state index contributed by atoms with van der Waals surface area (Å²) in [6, 6.07) is 16.0. The molecule has 2 rings (SSSR count). The summed E-state index contributed by atoms with van der Waals surface area (Å²) < 4.78 is 5.86. The van der Waals surface area contributed by atoms with Crippen LogP contribution in [-0.2, 0) is 11.3 Å². The Hall–Kier alpha value is -2.29. The molecule has 0 aliphatic rings. The summed E-state index contributed by atoms with van der Waals surface area (Å²) in [5, 5.41) is 0. The summed E-state index contributed by atoms with van der Waals surface area (Å²) in [7, 11) is 1.80. The highest BCUT2D eigenvalue weighted by atomic mass is 16.5. The lowest BCUT2D eigenvalue weighted by Gasteiger charge is -2.23. The van der Waals surface area contributed by atoms with Crippen LogP contribution in [-0.4, -0.2) is 24.0 Å². The van der Waals surface area contributed by atoms with E-state index in [4.69, 9.17) is 4.74 Å². The maximum Gasteiger partial charge on any atom is 0.263 e. The maximum atomic E-state index is 12.4. The van der Waals surface area contributed by atoms with Crippen molar-refractivity contribution in [1.82, 2.24) is 4.90 Å². The van der Waals surface area contributed by atoms with Crippen molar-refractivity contribution in [2.24, 2.45) is 0 Å². The van der Waals surface area contributed by atoms with Crippen molar-refractivity contribution in [2.75, 3.05) is 7.05 Å². The Bertz CT molecular complexity index is 637. The zero-order chi connectivity index (χ0) is 16.1. The summed E-state index contributed by atoms with van der Waals surface area (Å²) in [6.07, 6.45) is -0.505. The Morgan fingerprint density at radius 3 is 2.50 bits per heavy atom. The quantitative estimate of drug-likeness (QED) is 0.841. The Morgan fingerprint density at radius 1 is 1.14 bits per heavy atom. The van der Waals surface area contributed by atoms with E-state index in [-0.39, 0.29) is 5.91 Å². The molecule has 3 nitrogen and oxygen atoms in total. The lowest BCUT2D eigenvalue weighted by molar-refractivity contribution is -0.137. The molecular weight excluding hydrogens is 274 g/mol. The molecular formula is C19H23NO2. The average Bonchev–Trinajstić information content (AvgIpc) is 2.51. The van der Waals surface area contributed by atoms with Crippen molar-refractivity contribution in [2.45, 2.75) is 33.4 Å². The van der Waals surface area contributed by atoms with Gasteiger partial charge in [-0.15, -0.1) is 0 Å². The van der Waals surface area contributed by atoms with Crippen LogP contribution >= 0.6 is 0 Å². The maximum absolute atomic E-state index is 12.4. The predicted octanol–water partition coefficient (Wildman–Crippen LogP) is 3.73. The largest absolute Gasteiger partial charge is 0.481 e. The second kappa shape index (κ2) is 7.12. The average molecular weight is 297 g/mol. The smallest absolute Gasteiger partial charge is 0.263 e. The van der Waals surface area contributed by atoms with E-state index in [0.29, 0.717) is 6.54 Å². The molecule has 1 amide bonds. The van der Waals surface area contributed by atoms with E-state index in [1.807, 2.05) is 62.4 Å². The lowest BCUT2D eigenvalue weighted by atomic mass is 10.1. The van der Waals surface area contributed by atoms with E-state index < -0.39 is 6.10 Å². The molecule has 22 heavy (non-hydrogen) atoms. The van der Waals surface area contributed by atoms with Crippen molar-refractivity contribution >= 4 is 5.91 Å². The number of hydrogen-bond acceptors (Lipinski definition) is 2. The van der Waals surface area contributed by atoms with E-state index in [1.165, 1.54) is 0 Å². The fourth-order valence-electron chi connectivity index (χ4n) is 2.32. The molecule has 0 unspecified atom stereocenters. The Labute approximate surface area is 132 Å². The first kappa shape index (κ1) is 16.1. The van der Waals surface area contributed by atoms with Gasteiger partial charge in [0.2, 0.25) is 0 Å². The Morgan fingerprint density at radius 2 is 1.82 bits per heavy atom. The molecule has 0 saturated heterocycles. The summed E-state index contributed by atoms with van der Waals surface area (Å²) in [5.74, 6) is 0.749. The summed E-state index contributed by atoms with van der Waals surface area (Å²) >= 11 is 0. The van der Waals surface area contributed by atoms with Crippen molar-refractivity contribution in [3.63, 3.8) is 0 Å². The molecule has 116 valence electrons. The summed E-state index contributed by atoms with van der Waals surface area (Å²) in [5.41, 5.74) is 3.27. The number of aryl methyl sites for hydroxylation is 2. The zero-order valence-corrected chi connectivity index (χ0v) is 13.7. The number of nitrogens with zero attached hydrogens (tertiary/aromatic N) is 1. The van der Waals surface area contributed by atoms with Gasteiger partial charge in [-0.05, 0) is 43.5 Å². The molecule has 0 heterocycles. The molecule has 2 aromatic rings. The van der Waals surface area contributed by atoms with E-state index in [9.17, 15) is 4.79 Å². The van der Waals surface area contributed by atoms with Gasteiger partial charge in [0.05, 0.1) is 0 Å². The number of hydrogen-bond donors (Lipinski definition) is 0. The second-order valence-corrected chi connectivity index (χ2v) is 5.71. The van der Waals surface area contributed by atoms with Gasteiger partial charge < -0.3 is 9.64 Å². The highest BCUT2D eigenvalue weighted by Crippen LogP contribution is 2.21. The Kier molecular flexibility index (Phi) is 5.21. The third kappa shape index (κ3) is 4.10. The first-order chi connectivity index (χ1) is 10.5. The molecule has 0 aromatic heterocycles. The van der Waals surface area contributed by atoms with Crippen LogP contribution in [0.4, 0.5) is 0 Å². The number of benzene rings is 2. The van der Waals surface area contributed by atoms with Gasteiger partial charge in [0, 0.05) is 13.6 Å². The number of carbonyl (C=O) groups is 1. The SMILES string of the molecule is Cc1ccc(C)c(O[C@@H](C)C(=O)N(C)Cc2ccccc2)c1. The topological polar surface area (TPSA) is 29.5 Å². The molecule has 2 aromatic carbocycles. The fraction of sp³-hybridized carbons (Fsp3) is 0.316. The van der Waals surface area contributed by atoms with Crippen LogP contribution in [0.15, 0.2) is 48.5 Å². The molecule has 0 aliphatic heterocycles. The highest BCUT2D eigenvalue weighted by Gasteiger charge is 2.20. The zero-order valence-electron chi connectivity index (χ0n) is 13.7. The molecule has 0 aliphatic carbocycles. The monoisotopic (exact) mass is 297 g/mol. The number of likely N-dealkylation sites (N-methyl/N-ethyl adjacent to an activating group) is 1. The normalized spacial score (nSPS) is 11.8. The Balaban J connectivity index is 2.01. The fourth-order valence-corrected chi connectivity index (χ4v) is 2.32. The van der Waals surface area contributed by atoms with E-state index in [1.54, 1.807) is 18.9 Å². The van der Waals surface area contributed by atoms with Crippen LogP contribution in [0.5, 0.6) is 5.75 Å². The molecule has 0 radical (unpaired) electrons. The van der Waals surface area contributed by atoms with Gasteiger partial charge in [-0.1, -0.05) is 42.5 Å².